The van der Waals surface area contributed by atoms with Crippen LogP contribution in [0.25, 0.3) is 27.3 Å². The lowest BCUT2D eigenvalue weighted by Crippen LogP contribution is -2.40. The number of hydrogen-bond acceptors (Lipinski definition) is 7. The number of ether oxygens (including phenoxy) is 1. The van der Waals surface area contributed by atoms with Crippen molar-refractivity contribution in [1.82, 2.24) is 34.8 Å². The van der Waals surface area contributed by atoms with Crippen molar-refractivity contribution in [3.05, 3.63) is 29.2 Å². The molecule has 9 nitrogen and oxygen atoms in total. The van der Waals surface area contributed by atoms with Crippen LogP contribution in [-0.2, 0) is 4.79 Å². The van der Waals surface area contributed by atoms with Gasteiger partial charge in [-0.3, -0.25) is 9.69 Å². The molecule has 0 bridgehead atoms. The number of amides is 1. The van der Waals surface area contributed by atoms with Crippen LogP contribution in [0.4, 0.5) is 0 Å². The zero-order chi connectivity index (χ0) is 25.7. The molecule has 1 aliphatic heterocycles. The Morgan fingerprint density at radius 3 is 2.78 bits per heavy atom. The van der Waals surface area contributed by atoms with Gasteiger partial charge in [-0.25, -0.2) is 14.5 Å². The van der Waals surface area contributed by atoms with Gasteiger partial charge >= 0.3 is 0 Å². The summed E-state index contributed by atoms with van der Waals surface area (Å²) in [7, 11) is 1.66. The van der Waals surface area contributed by atoms with E-state index in [4.69, 9.17) is 9.72 Å². The van der Waals surface area contributed by atoms with E-state index in [9.17, 15) is 4.79 Å². The first-order valence-electron chi connectivity index (χ1n) is 13.3. The van der Waals surface area contributed by atoms with Crippen molar-refractivity contribution in [2.24, 2.45) is 0 Å². The molecule has 1 aliphatic carbocycles. The maximum atomic E-state index is 11.4. The van der Waals surface area contributed by atoms with E-state index in [0.29, 0.717) is 35.3 Å². The lowest BCUT2D eigenvalue weighted by molar-refractivity contribution is -0.119. The minimum absolute atomic E-state index is 0.0806. The summed E-state index contributed by atoms with van der Waals surface area (Å²) in [6.07, 6.45) is 9.36. The second kappa shape index (κ2) is 9.72. The minimum atomic E-state index is 0.0806. The predicted octanol–water partition coefficient (Wildman–Crippen LogP) is 4.70. The molecule has 1 saturated heterocycles. The van der Waals surface area contributed by atoms with E-state index >= 15 is 0 Å². The Balaban J connectivity index is 1.22. The summed E-state index contributed by atoms with van der Waals surface area (Å²) < 4.78 is 7.37. The van der Waals surface area contributed by atoms with Crippen molar-refractivity contribution in [3.63, 3.8) is 0 Å². The van der Waals surface area contributed by atoms with Crippen LogP contribution >= 0.6 is 11.3 Å². The molecule has 10 heteroatoms. The van der Waals surface area contributed by atoms with Gasteiger partial charge in [0.2, 0.25) is 5.91 Å². The molecular formula is C27H35N7O2S. The molecular weight excluding hydrogens is 486 g/mol. The summed E-state index contributed by atoms with van der Waals surface area (Å²) in [6, 6.07) is 2.96. The van der Waals surface area contributed by atoms with E-state index < -0.39 is 0 Å². The van der Waals surface area contributed by atoms with Gasteiger partial charge in [0.25, 0.3) is 0 Å². The minimum Gasteiger partial charge on any atom is -0.493 e. The zero-order valence-electron chi connectivity index (χ0n) is 22.0. The average Bonchev–Trinajstić information content (AvgIpc) is 3.65. The topological polar surface area (TPSA) is 100 Å². The highest BCUT2D eigenvalue weighted by atomic mass is 32.1. The molecule has 0 aromatic carbocycles. The number of aromatic nitrogens is 5. The number of likely N-dealkylation sites (tertiary alicyclic amines) is 1. The number of H-pyrrole nitrogens is 1. The Bertz CT molecular complexity index is 1430. The number of aromatic amines is 1. The number of carbonyl (C=O) groups excluding carboxylic acids is 1. The van der Waals surface area contributed by atoms with Crippen molar-refractivity contribution < 1.29 is 9.53 Å². The van der Waals surface area contributed by atoms with Gasteiger partial charge in [-0.1, -0.05) is 13.8 Å². The monoisotopic (exact) mass is 521 g/mol. The van der Waals surface area contributed by atoms with E-state index in [-0.39, 0.29) is 5.91 Å². The van der Waals surface area contributed by atoms with E-state index in [2.05, 4.69) is 39.1 Å². The molecule has 5 heterocycles. The van der Waals surface area contributed by atoms with Crippen LogP contribution in [0.5, 0.6) is 5.75 Å². The smallest absolute Gasteiger partial charge is 0.217 e. The zero-order valence-corrected chi connectivity index (χ0v) is 22.8. The third-order valence-electron chi connectivity index (χ3n) is 8.02. The second-order valence-electron chi connectivity index (χ2n) is 10.8. The Kier molecular flexibility index (Phi) is 6.40. The standard InChI is InChI=1S/C27H35N7O2S/c1-15(2)22-23(18-11-21(36-4)25-28-14-29-34(25)12-18)31-27-24(22)32-26(37-27)17-5-7-20(8-6-17)33-10-9-19(13-33)30-16(3)35/h11-12,14-15,17,19-20,31H,5-10,13H2,1-4H3,(H,30,35)/t17?,19-,20?/m1/s1. The highest BCUT2D eigenvalue weighted by Crippen LogP contribution is 2.43. The molecule has 0 spiro atoms. The molecule has 2 fully saturated rings. The maximum absolute atomic E-state index is 11.4. The first-order valence-corrected chi connectivity index (χ1v) is 14.1. The van der Waals surface area contributed by atoms with Crippen molar-refractivity contribution in [2.75, 3.05) is 20.2 Å². The van der Waals surface area contributed by atoms with Gasteiger partial charge in [0.15, 0.2) is 11.4 Å². The molecule has 1 saturated carbocycles. The maximum Gasteiger partial charge on any atom is 0.217 e. The van der Waals surface area contributed by atoms with Crippen molar-refractivity contribution in [2.45, 2.75) is 76.8 Å². The molecule has 2 aliphatic rings. The van der Waals surface area contributed by atoms with Gasteiger partial charge in [-0.2, -0.15) is 5.10 Å². The molecule has 6 rings (SSSR count). The molecule has 1 atom stereocenters. The van der Waals surface area contributed by atoms with Gasteiger partial charge in [-0.15, -0.1) is 11.3 Å². The van der Waals surface area contributed by atoms with Crippen LogP contribution in [0, 0.1) is 0 Å². The van der Waals surface area contributed by atoms with Crippen LogP contribution in [0.15, 0.2) is 18.6 Å². The summed E-state index contributed by atoms with van der Waals surface area (Å²) >= 11 is 1.81. The first-order chi connectivity index (χ1) is 17.9. The average molecular weight is 522 g/mol. The second-order valence-corrected chi connectivity index (χ2v) is 11.8. The number of pyridine rings is 1. The molecule has 37 heavy (non-hydrogen) atoms. The van der Waals surface area contributed by atoms with Gasteiger partial charge in [0, 0.05) is 55.3 Å². The lowest BCUT2D eigenvalue weighted by atomic mass is 9.85. The fraction of sp³-hybridized carbons (Fsp3) is 0.556. The Morgan fingerprint density at radius 1 is 1.24 bits per heavy atom. The van der Waals surface area contributed by atoms with Crippen molar-refractivity contribution >= 4 is 33.2 Å². The number of methoxy groups -OCH3 is 1. The van der Waals surface area contributed by atoms with Crippen LogP contribution in [-0.4, -0.2) is 67.7 Å². The third kappa shape index (κ3) is 4.50. The fourth-order valence-corrected chi connectivity index (χ4v) is 7.42. The SMILES string of the molecule is COc1cc(-c2[nH]c3sc(C4CCC(N5CC[C@@H](NC(C)=O)C5)CC4)nc3c2C(C)C)cn2ncnc12. The Hall–Kier alpha value is -2.98. The number of fused-ring (bicyclic) bond motifs is 2. The van der Waals surface area contributed by atoms with Gasteiger partial charge < -0.3 is 15.0 Å². The van der Waals surface area contributed by atoms with Crippen LogP contribution in [0.3, 0.4) is 0 Å². The Labute approximate surface area is 220 Å². The number of hydrogen-bond donors (Lipinski definition) is 2. The molecule has 1 amide bonds. The Morgan fingerprint density at radius 2 is 2.05 bits per heavy atom. The molecule has 4 aromatic heterocycles. The molecule has 0 radical (unpaired) electrons. The summed E-state index contributed by atoms with van der Waals surface area (Å²) in [5.41, 5.74) is 5.16. The number of thiazole rings is 1. The predicted molar refractivity (Wildman–Crippen MR) is 145 cm³/mol. The summed E-state index contributed by atoms with van der Waals surface area (Å²) in [5, 5.41) is 8.69. The van der Waals surface area contributed by atoms with Gasteiger partial charge in [0.05, 0.1) is 17.8 Å². The molecule has 196 valence electrons. The summed E-state index contributed by atoms with van der Waals surface area (Å²) in [4.78, 5) is 28.4. The highest BCUT2D eigenvalue weighted by Gasteiger charge is 2.33. The van der Waals surface area contributed by atoms with Crippen molar-refractivity contribution in [3.8, 4) is 17.0 Å². The molecule has 2 N–H and O–H groups in total. The first kappa shape index (κ1) is 24.4. The van der Waals surface area contributed by atoms with Crippen LogP contribution < -0.4 is 10.1 Å². The number of rotatable bonds is 6. The van der Waals surface area contributed by atoms with Crippen LogP contribution in [0.2, 0.25) is 0 Å². The van der Waals surface area contributed by atoms with Crippen LogP contribution in [0.1, 0.15) is 75.3 Å². The van der Waals surface area contributed by atoms with Gasteiger partial charge in [-0.05, 0) is 44.1 Å². The van der Waals surface area contributed by atoms with E-state index in [1.54, 1.807) is 24.9 Å². The molecule has 4 aromatic rings. The molecule has 0 unspecified atom stereocenters. The van der Waals surface area contributed by atoms with E-state index in [0.717, 1.165) is 41.1 Å². The summed E-state index contributed by atoms with van der Waals surface area (Å²) in [6.45, 7) is 8.15. The number of nitrogens with zero attached hydrogens (tertiary/aromatic N) is 5. The van der Waals surface area contributed by atoms with E-state index in [1.165, 1.54) is 36.3 Å². The van der Waals surface area contributed by atoms with E-state index in [1.807, 2.05) is 23.6 Å². The number of carbonyl (C=O) groups is 1. The largest absolute Gasteiger partial charge is 0.493 e. The number of nitrogens with one attached hydrogen (secondary N) is 2. The quantitative estimate of drug-likeness (QED) is 0.381. The van der Waals surface area contributed by atoms with Crippen molar-refractivity contribution in [1.29, 1.82) is 0 Å². The highest BCUT2D eigenvalue weighted by molar-refractivity contribution is 7.18. The van der Waals surface area contributed by atoms with Gasteiger partial charge in [0.1, 0.15) is 16.7 Å². The summed E-state index contributed by atoms with van der Waals surface area (Å²) in [5.74, 6) is 1.62. The lowest BCUT2D eigenvalue weighted by Gasteiger charge is -2.34. The third-order valence-corrected chi connectivity index (χ3v) is 9.16. The normalized spacial score (nSPS) is 22.9. The fourth-order valence-electron chi connectivity index (χ4n) is 6.26.